The van der Waals surface area contributed by atoms with Crippen molar-refractivity contribution in [1.29, 1.82) is 0 Å². The van der Waals surface area contributed by atoms with E-state index in [-0.39, 0.29) is 0 Å². The molecule has 15 heavy (non-hydrogen) atoms. The zero-order chi connectivity index (χ0) is 10.8. The first kappa shape index (κ1) is 10.6. The summed E-state index contributed by atoms with van der Waals surface area (Å²) in [4.78, 5) is 0. The van der Waals surface area contributed by atoms with Gasteiger partial charge in [0.15, 0.2) is 4.77 Å². The van der Waals surface area contributed by atoms with Crippen LogP contribution in [0.3, 0.4) is 0 Å². The van der Waals surface area contributed by atoms with Crippen molar-refractivity contribution in [3.8, 4) is 5.69 Å². The average molecular weight is 284 g/mol. The van der Waals surface area contributed by atoms with Crippen molar-refractivity contribution < 1.29 is 0 Å². The summed E-state index contributed by atoms with van der Waals surface area (Å²) in [5.41, 5.74) is 2.32. The molecule has 1 N–H and O–H groups in total. The van der Waals surface area contributed by atoms with E-state index in [0.717, 1.165) is 16.6 Å². The van der Waals surface area contributed by atoms with E-state index in [2.05, 4.69) is 39.1 Å². The Bertz CT molecular complexity index is 529. The van der Waals surface area contributed by atoms with Gasteiger partial charge >= 0.3 is 0 Å². The Hall–Kier alpha value is -0.940. The monoisotopic (exact) mass is 283 g/mol. The lowest BCUT2D eigenvalue weighted by Crippen LogP contribution is -1.97. The molecule has 1 aromatic carbocycles. The smallest absolute Gasteiger partial charge is 0.199 e. The quantitative estimate of drug-likeness (QED) is 0.859. The Morgan fingerprint density at radius 1 is 1.53 bits per heavy atom. The van der Waals surface area contributed by atoms with Crippen molar-refractivity contribution in [3.63, 3.8) is 0 Å². The second-order valence-electron chi connectivity index (χ2n) is 3.16. The van der Waals surface area contributed by atoms with Gasteiger partial charge in [0.2, 0.25) is 0 Å². The topological polar surface area (TPSA) is 33.6 Å². The number of benzene rings is 1. The Balaban J connectivity index is 2.63. The normalized spacial score (nSPS) is 10.5. The van der Waals surface area contributed by atoms with Gasteiger partial charge in [0.25, 0.3) is 0 Å². The van der Waals surface area contributed by atoms with Crippen LogP contribution in [-0.4, -0.2) is 14.8 Å². The molecule has 1 aromatic heterocycles. The van der Waals surface area contributed by atoms with Crippen LogP contribution in [0.25, 0.3) is 5.69 Å². The SMILES string of the molecule is CCc1cc(Br)ccc1-n1cn[nH]c1=S. The average Bonchev–Trinajstić information content (AvgIpc) is 2.64. The van der Waals surface area contributed by atoms with Gasteiger partial charge < -0.3 is 0 Å². The van der Waals surface area contributed by atoms with Crippen LogP contribution in [0.4, 0.5) is 0 Å². The fourth-order valence-corrected chi connectivity index (χ4v) is 2.10. The third-order valence-electron chi connectivity index (χ3n) is 2.23. The van der Waals surface area contributed by atoms with Gasteiger partial charge in [-0.15, -0.1) is 0 Å². The molecule has 78 valence electrons. The summed E-state index contributed by atoms with van der Waals surface area (Å²) in [5.74, 6) is 0. The van der Waals surface area contributed by atoms with E-state index in [0.29, 0.717) is 4.77 Å². The maximum absolute atomic E-state index is 5.14. The summed E-state index contributed by atoms with van der Waals surface area (Å²) in [6.07, 6.45) is 2.66. The molecule has 0 atom stereocenters. The maximum atomic E-state index is 5.14. The van der Waals surface area contributed by atoms with Crippen molar-refractivity contribution >= 4 is 28.1 Å². The van der Waals surface area contributed by atoms with Crippen LogP contribution in [0.5, 0.6) is 0 Å². The van der Waals surface area contributed by atoms with E-state index >= 15 is 0 Å². The molecule has 0 amide bonds. The lowest BCUT2D eigenvalue weighted by atomic mass is 10.1. The molecule has 0 spiro atoms. The highest BCUT2D eigenvalue weighted by molar-refractivity contribution is 9.10. The van der Waals surface area contributed by atoms with Crippen molar-refractivity contribution in [1.82, 2.24) is 14.8 Å². The number of hydrogen-bond donors (Lipinski definition) is 1. The minimum Gasteiger partial charge on any atom is -0.274 e. The third kappa shape index (κ3) is 2.03. The molecular weight excluding hydrogens is 274 g/mol. The van der Waals surface area contributed by atoms with Gasteiger partial charge in [-0.05, 0) is 42.4 Å². The van der Waals surface area contributed by atoms with E-state index in [1.54, 1.807) is 6.33 Å². The number of nitrogens with one attached hydrogen (secondary N) is 1. The molecule has 0 fully saturated rings. The van der Waals surface area contributed by atoms with Gasteiger partial charge in [-0.2, -0.15) is 5.10 Å². The predicted octanol–water partition coefficient (Wildman–Crippen LogP) is 3.25. The van der Waals surface area contributed by atoms with E-state index in [1.165, 1.54) is 5.56 Å². The number of halogens is 1. The predicted molar refractivity (Wildman–Crippen MR) is 65.8 cm³/mol. The molecule has 0 aliphatic heterocycles. The Kier molecular flexibility index (Phi) is 3.02. The van der Waals surface area contributed by atoms with Gasteiger partial charge in [-0.3, -0.25) is 9.67 Å². The van der Waals surface area contributed by atoms with Crippen LogP contribution in [-0.2, 0) is 6.42 Å². The Morgan fingerprint density at radius 3 is 2.93 bits per heavy atom. The molecule has 0 unspecified atom stereocenters. The second-order valence-corrected chi connectivity index (χ2v) is 4.46. The van der Waals surface area contributed by atoms with E-state index in [4.69, 9.17) is 12.2 Å². The summed E-state index contributed by atoms with van der Waals surface area (Å²) in [6.45, 7) is 2.12. The third-order valence-corrected chi connectivity index (χ3v) is 3.02. The first-order valence-electron chi connectivity index (χ1n) is 4.63. The highest BCUT2D eigenvalue weighted by atomic mass is 79.9. The summed E-state index contributed by atoms with van der Waals surface area (Å²) < 4.78 is 3.57. The number of aryl methyl sites for hydroxylation is 1. The van der Waals surface area contributed by atoms with Gasteiger partial charge in [0, 0.05) is 4.47 Å². The van der Waals surface area contributed by atoms with Crippen LogP contribution in [0.15, 0.2) is 29.0 Å². The van der Waals surface area contributed by atoms with Gasteiger partial charge in [0.05, 0.1) is 5.69 Å². The van der Waals surface area contributed by atoms with Crippen molar-refractivity contribution in [2.75, 3.05) is 0 Å². The molecule has 3 nitrogen and oxygen atoms in total. The summed E-state index contributed by atoms with van der Waals surface area (Å²) >= 11 is 8.60. The lowest BCUT2D eigenvalue weighted by Gasteiger charge is -2.08. The van der Waals surface area contributed by atoms with Crippen LogP contribution < -0.4 is 0 Å². The minimum absolute atomic E-state index is 0.618. The largest absolute Gasteiger partial charge is 0.274 e. The molecule has 0 saturated heterocycles. The molecule has 0 aliphatic rings. The fourth-order valence-electron chi connectivity index (χ4n) is 1.49. The Labute approximate surface area is 101 Å². The van der Waals surface area contributed by atoms with Crippen molar-refractivity contribution in [3.05, 3.63) is 39.3 Å². The zero-order valence-corrected chi connectivity index (χ0v) is 10.6. The summed E-state index contributed by atoms with van der Waals surface area (Å²) in [6, 6.07) is 6.14. The first-order valence-corrected chi connectivity index (χ1v) is 5.83. The molecule has 2 rings (SSSR count). The Morgan fingerprint density at radius 2 is 2.33 bits per heavy atom. The van der Waals surface area contributed by atoms with Crippen LogP contribution in [0.1, 0.15) is 12.5 Å². The number of aromatic nitrogens is 3. The molecule has 0 bridgehead atoms. The van der Waals surface area contributed by atoms with Crippen LogP contribution >= 0.6 is 28.1 Å². The van der Waals surface area contributed by atoms with Crippen molar-refractivity contribution in [2.24, 2.45) is 0 Å². The highest BCUT2D eigenvalue weighted by Gasteiger charge is 2.04. The second kappa shape index (κ2) is 4.28. The van der Waals surface area contributed by atoms with Gasteiger partial charge in [-0.1, -0.05) is 22.9 Å². The number of rotatable bonds is 2. The zero-order valence-electron chi connectivity index (χ0n) is 8.20. The fraction of sp³-hybridized carbons (Fsp3) is 0.200. The maximum Gasteiger partial charge on any atom is 0.199 e. The van der Waals surface area contributed by atoms with E-state index in [9.17, 15) is 0 Å². The van der Waals surface area contributed by atoms with Crippen molar-refractivity contribution in [2.45, 2.75) is 13.3 Å². The molecule has 0 radical (unpaired) electrons. The standard InChI is InChI=1S/C10H10BrN3S/c1-2-7-5-8(11)3-4-9(7)14-6-12-13-10(14)15/h3-6H,2H2,1H3,(H,13,15). The first-order chi connectivity index (χ1) is 7.22. The summed E-state index contributed by atoms with van der Waals surface area (Å²) in [5, 5.41) is 6.67. The number of aromatic amines is 1. The molecule has 0 saturated carbocycles. The molecule has 0 aliphatic carbocycles. The molecule has 2 aromatic rings. The molecule has 1 heterocycles. The lowest BCUT2D eigenvalue weighted by molar-refractivity contribution is 0.985. The molecular formula is C10H10BrN3S. The number of hydrogen-bond acceptors (Lipinski definition) is 2. The van der Waals surface area contributed by atoms with Crippen LogP contribution in [0, 0.1) is 4.77 Å². The minimum atomic E-state index is 0.618. The van der Waals surface area contributed by atoms with Crippen LogP contribution in [0.2, 0.25) is 0 Å². The number of H-pyrrole nitrogens is 1. The van der Waals surface area contributed by atoms with Gasteiger partial charge in [-0.25, -0.2) is 0 Å². The number of nitrogens with zero attached hydrogens (tertiary/aromatic N) is 2. The molecule has 5 heteroatoms. The highest BCUT2D eigenvalue weighted by Crippen LogP contribution is 2.20. The van der Waals surface area contributed by atoms with E-state index in [1.807, 2.05) is 16.7 Å². The van der Waals surface area contributed by atoms with Gasteiger partial charge in [0.1, 0.15) is 6.33 Å². The van der Waals surface area contributed by atoms with E-state index < -0.39 is 0 Å². The summed E-state index contributed by atoms with van der Waals surface area (Å²) in [7, 11) is 0.